The number of benzene rings is 3. The van der Waals surface area contributed by atoms with Crippen LogP contribution in [-0.4, -0.2) is 0 Å². The second kappa shape index (κ2) is 11.5. The Hall–Kier alpha value is -3.12. The van der Waals surface area contributed by atoms with Crippen molar-refractivity contribution >= 4 is 5.57 Å². The Bertz CT molecular complexity index is 883. The van der Waals surface area contributed by atoms with Gasteiger partial charge in [-0.25, -0.2) is 0 Å². The zero-order chi connectivity index (χ0) is 16.8. The minimum atomic E-state index is 0. The molecule has 0 aromatic heterocycles. The molecule has 0 fully saturated rings. The summed E-state index contributed by atoms with van der Waals surface area (Å²) in [6, 6.07) is 27.4. The fraction of sp³-hybridized carbons (Fsp3) is 0.111. The van der Waals surface area contributed by atoms with Gasteiger partial charge in [0.15, 0.2) is 0 Å². The molecule has 3 aromatic rings. The van der Waals surface area contributed by atoms with Gasteiger partial charge in [-0.1, -0.05) is 133 Å². The quantitative estimate of drug-likeness (QED) is 0.401. The van der Waals surface area contributed by atoms with Gasteiger partial charge in [0.25, 0.3) is 0 Å². The van der Waals surface area contributed by atoms with E-state index in [0.29, 0.717) is 0 Å². The third kappa shape index (κ3) is 5.18. The van der Waals surface area contributed by atoms with Crippen LogP contribution in [0.1, 0.15) is 27.8 Å². The van der Waals surface area contributed by atoms with Gasteiger partial charge in [0, 0.05) is 0 Å². The largest absolute Gasteiger partial charge is 0.0990 e. The van der Waals surface area contributed by atoms with E-state index in [4.69, 9.17) is 0 Å². The van der Waals surface area contributed by atoms with Crippen LogP contribution in [0.4, 0.5) is 0 Å². The van der Waals surface area contributed by atoms with Crippen LogP contribution in [0.15, 0.2) is 110 Å². The summed E-state index contributed by atoms with van der Waals surface area (Å²) in [5.41, 5.74) is 7.10. The molecule has 0 radical (unpaired) electrons. The van der Waals surface area contributed by atoms with E-state index in [0.717, 1.165) is 11.1 Å². The standard InChI is InChI=1S/C24H20.3CH4/c1-3-12-19(4-2)21-15-8-10-17-23(21)24-18-11-9-16-22(24)20-13-6-5-7-14-20;;;/h3-18H,1-2H2;3*1H4/b19-12+;;;. The number of hydrogen-bond acceptors (Lipinski definition) is 0. The molecule has 0 N–H and O–H groups in total. The third-order valence-corrected chi connectivity index (χ3v) is 4.06. The van der Waals surface area contributed by atoms with Crippen molar-refractivity contribution in [2.45, 2.75) is 22.3 Å². The molecule has 0 nitrogen and oxygen atoms in total. The molecule has 27 heavy (non-hydrogen) atoms. The highest BCUT2D eigenvalue weighted by Gasteiger charge is 2.11. The highest BCUT2D eigenvalue weighted by atomic mass is 14.1. The summed E-state index contributed by atoms with van der Waals surface area (Å²) in [7, 11) is 0. The van der Waals surface area contributed by atoms with E-state index >= 15 is 0 Å². The molecular formula is C27H32. The molecule has 0 aliphatic carbocycles. The predicted octanol–water partition coefficient (Wildman–Crippen LogP) is 8.68. The van der Waals surface area contributed by atoms with Crippen LogP contribution in [0.5, 0.6) is 0 Å². The summed E-state index contributed by atoms with van der Waals surface area (Å²) in [4.78, 5) is 0. The molecule has 0 saturated carbocycles. The van der Waals surface area contributed by atoms with Gasteiger partial charge in [-0.3, -0.25) is 0 Å². The first-order valence-electron chi connectivity index (χ1n) is 8.04. The number of rotatable bonds is 5. The van der Waals surface area contributed by atoms with Gasteiger partial charge in [-0.2, -0.15) is 0 Å². The minimum absolute atomic E-state index is 0. The fourth-order valence-corrected chi connectivity index (χ4v) is 2.95. The predicted molar refractivity (Wildman–Crippen MR) is 126 cm³/mol. The average molecular weight is 357 g/mol. The summed E-state index contributed by atoms with van der Waals surface area (Å²) in [5, 5.41) is 0. The Morgan fingerprint density at radius 2 is 1.11 bits per heavy atom. The second-order valence-electron chi connectivity index (χ2n) is 5.52. The van der Waals surface area contributed by atoms with Crippen molar-refractivity contribution in [2.24, 2.45) is 0 Å². The lowest BCUT2D eigenvalue weighted by Gasteiger charge is -2.15. The maximum atomic E-state index is 3.96. The normalized spacial score (nSPS) is 9.85. The van der Waals surface area contributed by atoms with Gasteiger partial charge in [0.1, 0.15) is 0 Å². The van der Waals surface area contributed by atoms with Crippen molar-refractivity contribution in [2.75, 3.05) is 0 Å². The molecule has 0 bridgehead atoms. The molecule has 0 heterocycles. The number of allylic oxidation sites excluding steroid dienone is 4. The van der Waals surface area contributed by atoms with Gasteiger partial charge in [0.05, 0.1) is 0 Å². The Labute approximate surface area is 166 Å². The number of hydrogen-bond donors (Lipinski definition) is 0. The molecule has 0 saturated heterocycles. The smallest absolute Gasteiger partial charge is 0.00992 e. The Morgan fingerprint density at radius 3 is 1.70 bits per heavy atom. The topological polar surface area (TPSA) is 0 Å². The lowest BCUT2D eigenvalue weighted by Crippen LogP contribution is -1.90. The van der Waals surface area contributed by atoms with Crippen molar-refractivity contribution in [1.82, 2.24) is 0 Å². The molecule has 0 aliphatic heterocycles. The molecular weight excluding hydrogens is 324 g/mol. The van der Waals surface area contributed by atoms with Crippen LogP contribution >= 0.6 is 0 Å². The average Bonchev–Trinajstić information content (AvgIpc) is 2.67. The van der Waals surface area contributed by atoms with Crippen LogP contribution in [0, 0.1) is 0 Å². The van der Waals surface area contributed by atoms with Crippen molar-refractivity contribution in [3.05, 3.63) is 116 Å². The van der Waals surface area contributed by atoms with Crippen molar-refractivity contribution in [3.63, 3.8) is 0 Å². The molecule has 140 valence electrons. The molecule has 3 rings (SSSR count). The lowest BCUT2D eigenvalue weighted by molar-refractivity contribution is 1.55. The summed E-state index contributed by atoms with van der Waals surface area (Å²) >= 11 is 0. The Morgan fingerprint density at radius 1 is 0.593 bits per heavy atom. The van der Waals surface area contributed by atoms with Crippen LogP contribution in [0.2, 0.25) is 0 Å². The molecule has 3 aromatic carbocycles. The first-order chi connectivity index (χ1) is 11.8. The van der Waals surface area contributed by atoms with E-state index in [1.54, 1.807) is 6.08 Å². The first-order valence-corrected chi connectivity index (χ1v) is 8.04. The van der Waals surface area contributed by atoms with Gasteiger partial charge in [-0.15, -0.1) is 0 Å². The highest BCUT2D eigenvalue weighted by Crippen LogP contribution is 2.36. The summed E-state index contributed by atoms with van der Waals surface area (Å²) in [5.74, 6) is 0. The summed E-state index contributed by atoms with van der Waals surface area (Å²) in [6.45, 7) is 7.77. The van der Waals surface area contributed by atoms with Gasteiger partial charge < -0.3 is 0 Å². The molecule has 0 heteroatoms. The second-order valence-corrected chi connectivity index (χ2v) is 5.52. The van der Waals surface area contributed by atoms with Crippen LogP contribution < -0.4 is 0 Å². The van der Waals surface area contributed by atoms with Gasteiger partial charge >= 0.3 is 0 Å². The maximum Gasteiger partial charge on any atom is -0.00992 e. The van der Waals surface area contributed by atoms with Crippen LogP contribution in [0.3, 0.4) is 0 Å². The van der Waals surface area contributed by atoms with Gasteiger partial charge in [-0.05, 0) is 33.4 Å². The van der Waals surface area contributed by atoms with E-state index in [9.17, 15) is 0 Å². The molecule has 0 atom stereocenters. The van der Waals surface area contributed by atoms with E-state index in [1.807, 2.05) is 18.2 Å². The van der Waals surface area contributed by atoms with Crippen molar-refractivity contribution in [1.29, 1.82) is 0 Å². The van der Waals surface area contributed by atoms with E-state index in [2.05, 4.69) is 86.0 Å². The monoisotopic (exact) mass is 356 g/mol. The Kier molecular flexibility index (Phi) is 10.2. The minimum Gasteiger partial charge on any atom is -0.0990 e. The maximum absolute atomic E-state index is 3.96. The SMILES string of the molecule is C.C.C.C=C/C=C(\C=C)c1ccccc1-c1ccccc1-c1ccccc1. The first kappa shape index (κ1) is 23.9. The molecule has 0 amide bonds. The zero-order valence-electron chi connectivity index (χ0n) is 13.7. The summed E-state index contributed by atoms with van der Waals surface area (Å²) < 4.78 is 0. The lowest BCUT2D eigenvalue weighted by atomic mass is 9.89. The summed E-state index contributed by atoms with van der Waals surface area (Å²) in [6.07, 6.45) is 5.68. The van der Waals surface area contributed by atoms with Crippen LogP contribution in [0.25, 0.3) is 27.8 Å². The highest BCUT2D eigenvalue weighted by molar-refractivity contribution is 5.91. The van der Waals surface area contributed by atoms with E-state index < -0.39 is 0 Å². The van der Waals surface area contributed by atoms with Crippen molar-refractivity contribution < 1.29 is 0 Å². The zero-order valence-corrected chi connectivity index (χ0v) is 13.7. The van der Waals surface area contributed by atoms with E-state index in [-0.39, 0.29) is 22.3 Å². The van der Waals surface area contributed by atoms with Crippen molar-refractivity contribution in [3.8, 4) is 22.3 Å². The molecule has 0 unspecified atom stereocenters. The van der Waals surface area contributed by atoms with Crippen LogP contribution in [-0.2, 0) is 0 Å². The van der Waals surface area contributed by atoms with E-state index in [1.165, 1.54) is 22.3 Å². The molecule has 0 spiro atoms. The fourth-order valence-electron chi connectivity index (χ4n) is 2.95. The molecule has 0 aliphatic rings. The van der Waals surface area contributed by atoms with Gasteiger partial charge in [0.2, 0.25) is 0 Å². The third-order valence-electron chi connectivity index (χ3n) is 4.06. The Balaban J connectivity index is 0.00000225.